The molecule has 0 radical (unpaired) electrons. The van der Waals surface area contributed by atoms with E-state index >= 15 is 0 Å². The molecular formula is C9H12N2OS. The van der Waals surface area contributed by atoms with Crippen LogP contribution < -0.4 is 5.73 Å². The molecule has 0 unspecified atom stereocenters. The van der Waals surface area contributed by atoms with E-state index in [1.807, 2.05) is 13.0 Å². The molecule has 0 amide bonds. The summed E-state index contributed by atoms with van der Waals surface area (Å²) in [4.78, 5) is 4.24. The van der Waals surface area contributed by atoms with E-state index < -0.39 is 0 Å². The lowest BCUT2D eigenvalue weighted by Crippen LogP contribution is -2.30. The molecule has 1 aliphatic heterocycles. The minimum atomic E-state index is 0.539. The molecule has 70 valence electrons. The van der Waals surface area contributed by atoms with Gasteiger partial charge in [0.15, 0.2) is 0 Å². The summed E-state index contributed by atoms with van der Waals surface area (Å²) in [7, 11) is 0. The first-order chi connectivity index (χ1) is 6.27. The Bertz CT molecular complexity index is 312. The Morgan fingerprint density at radius 1 is 1.62 bits per heavy atom. The number of ether oxygens (including phenoxy) is 1. The average molecular weight is 196 g/mol. The van der Waals surface area contributed by atoms with Crippen molar-refractivity contribution in [1.29, 1.82) is 0 Å². The van der Waals surface area contributed by atoms with E-state index in [1.54, 1.807) is 18.0 Å². The molecule has 1 aliphatic rings. The van der Waals surface area contributed by atoms with Gasteiger partial charge < -0.3 is 10.5 Å². The number of pyridine rings is 1. The number of anilines is 1. The zero-order valence-corrected chi connectivity index (χ0v) is 8.30. The third-order valence-corrected chi connectivity index (χ3v) is 3.21. The number of hydrogen-bond donors (Lipinski definition) is 1. The molecule has 1 saturated heterocycles. The predicted molar refractivity (Wildman–Crippen MR) is 53.9 cm³/mol. The number of nitrogens with two attached hydrogens (primary N) is 1. The van der Waals surface area contributed by atoms with Crippen molar-refractivity contribution in [2.24, 2.45) is 0 Å². The minimum Gasteiger partial charge on any atom is -0.396 e. The highest BCUT2D eigenvalue weighted by Crippen LogP contribution is 2.31. The second-order valence-electron chi connectivity index (χ2n) is 3.12. The van der Waals surface area contributed by atoms with Gasteiger partial charge in [0.05, 0.1) is 24.2 Å². The second-order valence-corrected chi connectivity index (χ2v) is 4.41. The SMILES string of the molecule is Cc1ccnc(SC2COC2)c1N. The van der Waals surface area contributed by atoms with Gasteiger partial charge >= 0.3 is 0 Å². The molecular weight excluding hydrogens is 184 g/mol. The van der Waals surface area contributed by atoms with Gasteiger partial charge in [0.25, 0.3) is 0 Å². The smallest absolute Gasteiger partial charge is 0.120 e. The summed E-state index contributed by atoms with van der Waals surface area (Å²) in [6, 6.07) is 1.93. The van der Waals surface area contributed by atoms with Gasteiger partial charge in [0.2, 0.25) is 0 Å². The average Bonchev–Trinajstić information content (AvgIpc) is 2.04. The number of hydrogen-bond acceptors (Lipinski definition) is 4. The molecule has 13 heavy (non-hydrogen) atoms. The van der Waals surface area contributed by atoms with Gasteiger partial charge in [-0.1, -0.05) is 11.8 Å². The highest BCUT2D eigenvalue weighted by molar-refractivity contribution is 8.00. The van der Waals surface area contributed by atoms with Gasteiger partial charge in [-0.3, -0.25) is 0 Å². The van der Waals surface area contributed by atoms with E-state index in [9.17, 15) is 0 Å². The molecule has 2 N–H and O–H groups in total. The van der Waals surface area contributed by atoms with E-state index in [4.69, 9.17) is 10.5 Å². The molecule has 0 aromatic carbocycles. The Morgan fingerprint density at radius 3 is 3.00 bits per heavy atom. The fourth-order valence-electron chi connectivity index (χ4n) is 1.08. The van der Waals surface area contributed by atoms with Gasteiger partial charge in [-0.2, -0.15) is 0 Å². The molecule has 1 aromatic rings. The van der Waals surface area contributed by atoms with E-state index in [-0.39, 0.29) is 0 Å². The van der Waals surface area contributed by atoms with Crippen molar-refractivity contribution in [3.63, 3.8) is 0 Å². The van der Waals surface area contributed by atoms with E-state index in [2.05, 4.69) is 4.98 Å². The normalized spacial score (nSPS) is 17.0. The first-order valence-electron chi connectivity index (χ1n) is 4.23. The molecule has 0 saturated carbocycles. The van der Waals surface area contributed by atoms with Crippen molar-refractivity contribution >= 4 is 17.4 Å². The highest BCUT2D eigenvalue weighted by atomic mass is 32.2. The van der Waals surface area contributed by atoms with Crippen LogP contribution in [0, 0.1) is 6.92 Å². The van der Waals surface area contributed by atoms with Crippen LogP contribution in [0.2, 0.25) is 0 Å². The number of aromatic nitrogens is 1. The van der Waals surface area contributed by atoms with Gasteiger partial charge in [-0.05, 0) is 18.6 Å². The number of aryl methyl sites for hydroxylation is 1. The van der Waals surface area contributed by atoms with Crippen LogP contribution in [0.5, 0.6) is 0 Å². The number of nitrogens with zero attached hydrogens (tertiary/aromatic N) is 1. The van der Waals surface area contributed by atoms with Crippen LogP contribution in [0.1, 0.15) is 5.56 Å². The van der Waals surface area contributed by atoms with Crippen LogP contribution >= 0.6 is 11.8 Å². The number of rotatable bonds is 2. The maximum atomic E-state index is 5.89. The van der Waals surface area contributed by atoms with Gasteiger partial charge in [-0.15, -0.1) is 0 Å². The maximum absolute atomic E-state index is 5.89. The lowest BCUT2D eigenvalue weighted by atomic mass is 10.3. The molecule has 3 nitrogen and oxygen atoms in total. The van der Waals surface area contributed by atoms with E-state index in [0.717, 1.165) is 29.5 Å². The van der Waals surface area contributed by atoms with Crippen molar-refractivity contribution in [2.75, 3.05) is 18.9 Å². The summed E-state index contributed by atoms with van der Waals surface area (Å²) in [5, 5.41) is 1.48. The Morgan fingerprint density at radius 2 is 2.38 bits per heavy atom. The fraction of sp³-hybridized carbons (Fsp3) is 0.444. The Kier molecular flexibility index (Phi) is 2.42. The molecule has 0 aliphatic carbocycles. The van der Waals surface area contributed by atoms with Crippen molar-refractivity contribution in [2.45, 2.75) is 17.2 Å². The Hall–Kier alpha value is -0.740. The van der Waals surface area contributed by atoms with Crippen molar-refractivity contribution in [1.82, 2.24) is 4.98 Å². The molecule has 4 heteroatoms. The van der Waals surface area contributed by atoms with Crippen molar-refractivity contribution in [3.05, 3.63) is 17.8 Å². The summed E-state index contributed by atoms with van der Waals surface area (Å²) >= 11 is 1.71. The topological polar surface area (TPSA) is 48.1 Å². The minimum absolute atomic E-state index is 0.539. The Labute approximate surface area is 81.7 Å². The predicted octanol–water partition coefficient (Wildman–Crippen LogP) is 1.46. The van der Waals surface area contributed by atoms with Crippen LogP contribution in [-0.2, 0) is 4.74 Å². The maximum Gasteiger partial charge on any atom is 0.120 e. The lowest BCUT2D eigenvalue weighted by Gasteiger charge is -2.25. The zero-order valence-electron chi connectivity index (χ0n) is 7.49. The van der Waals surface area contributed by atoms with Crippen LogP contribution in [-0.4, -0.2) is 23.4 Å². The van der Waals surface area contributed by atoms with E-state index in [0.29, 0.717) is 5.25 Å². The van der Waals surface area contributed by atoms with E-state index in [1.165, 1.54) is 0 Å². The summed E-state index contributed by atoms with van der Waals surface area (Å²) < 4.78 is 5.09. The molecule has 2 rings (SSSR count). The number of thioether (sulfide) groups is 1. The molecule has 0 atom stereocenters. The fourth-order valence-corrected chi connectivity index (χ4v) is 2.13. The van der Waals surface area contributed by atoms with Crippen LogP contribution in [0.4, 0.5) is 5.69 Å². The summed E-state index contributed by atoms with van der Waals surface area (Å²) in [6.45, 7) is 3.64. The van der Waals surface area contributed by atoms with Crippen LogP contribution in [0.15, 0.2) is 17.3 Å². The van der Waals surface area contributed by atoms with Gasteiger partial charge in [-0.25, -0.2) is 4.98 Å². The quantitative estimate of drug-likeness (QED) is 0.778. The van der Waals surface area contributed by atoms with Gasteiger partial charge in [0, 0.05) is 6.20 Å². The molecule has 0 spiro atoms. The highest BCUT2D eigenvalue weighted by Gasteiger charge is 2.21. The summed E-state index contributed by atoms with van der Waals surface area (Å²) in [5.41, 5.74) is 7.79. The second kappa shape index (κ2) is 3.55. The lowest BCUT2D eigenvalue weighted by molar-refractivity contribution is 0.0455. The largest absolute Gasteiger partial charge is 0.396 e. The molecule has 1 aromatic heterocycles. The van der Waals surface area contributed by atoms with Crippen LogP contribution in [0.25, 0.3) is 0 Å². The molecule has 2 heterocycles. The first kappa shape index (κ1) is 8.84. The van der Waals surface area contributed by atoms with Crippen molar-refractivity contribution in [3.8, 4) is 0 Å². The van der Waals surface area contributed by atoms with Crippen molar-refractivity contribution < 1.29 is 4.74 Å². The standard InChI is InChI=1S/C9H12N2OS/c1-6-2-3-11-9(8(6)10)13-7-4-12-5-7/h2-3,7H,4-5,10H2,1H3. The first-order valence-corrected chi connectivity index (χ1v) is 5.11. The summed E-state index contributed by atoms with van der Waals surface area (Å²) in [5.74, 6) is 0. The molecule has 0 bridgehead atoms. The monoisotopic (exact) mass is 196 g/mol. The zero-order chi connectivity index (χ0) is 9.26. The third-order valence-electron chi connectivity index (χ3n) is 2.06. The third kappa shape index (κ3) is 1.78. The summed E-state index contributed by atoms with van der Waals surface area (Å²) in [6.07, 6.45) is 1.80. The van der Waals surface area contributed by atoms with Crippen LogP contribution in [0.3, 0.4) is 0 Å². The Balaban J connectivity index is 2.14. The molecule has 1 fully saturated rings. The van der Waals surface area contributed by atoms with Gasteiger partial charge in [0.1, 0.15) is 5.03 Å². The number of nitrogen functional groups attached to an aromatic ring is 1.